The normalized spacial score (nSPS) is 25.4. The van der Waals surface area contributed by atoms with Gasteiger partial charge in [0, 0.05) is 13.8 Å². The third kappa shape index (κ3) is 14.5. The molecule has 0 unspecified atom stereocenters. The van der Waals surface area contributed by atoms with Gasteiger partial charge in [-0.1, -0.05) is 190 Å². The molecule has 10 nitrogen and oxygen atoms in total. The van der Waals surface area contributed by atoms with Gasteiger partial charge in [-0.3, -0.25) is 9.59 Å². The van der Waals surface area contributed by atoms with Crippen LogP contribution in [-0.4, -0.2) is 107 Å². The van der Waals surface area contributed by atoms with E-state index in [1.807, 2.05) is 0 Å². The summed E-state index contributed by atoms with van der Waals surface area (Å²) in [5.74, 6) is 17.7. The van der Waals surface area contributed by atoms with Gasteiger partial charge in [0.05, 0.1) is 61.5 Å². The molecule has 422 valence electrons. The molecule has 14 heteroatoms. The van der Waals surface area contributed by atoms with E-state index in [-0.39, 0.29) is 58.3 Å². The van der Waals surface area contributed by atoms with Crippen molar-refractivity contribution in [3.8, 4) is 48.4 Å². The molecule has 2 aliphatic rings. The van der Waals surface area contributed by atoms with Crippen molar-refractivity contribution in [1.29, 1.82) is 0 Å². The van der Waals surface area contributed by atoms with Gasteiger partial charge in [-0.05, 0) is 78.3 Å². The zero-order chi connectivity index (χ0) is 57.2. The van der Waals surface area contributed by atoms with Crippen LogP contribution in [0.25, 0.3) is 0 Å². The number of amides is 2. The number of hydrogen-bond acceptors (Lipinski definition) is 8. The minimum Gasteiger partial charge on any atom is -0.413 e. The lowest BCUT2D eigenvalue weighted by Crippen LogP contribution is -2.66. The molecule has 0 saturated carbocycles. The molecule has 0 bridgehead atoms. The highest BCUT2D eigenvalue weighted by Gasteiger charge is 2.57. The van der Waals surface area contributed by atoms with Crippen LogP contribution in [0.2, 0.25) is 66.5 Å². The summed E-state index contributed by atoms with van der Waals surface area (Å²) in [5.41, 5.74) is 3.48. The van der Waals surface area contributed by atoms with Crippen LogP contribution in [-0.2, 0) is 36.8 Å². The summed E-state index contributed by atoms with van der Waals surface area (Å²) < 4.78 is 43.9. The Morgan fingerprint density at radius 3 is 0.851 bits per heavy atom. The molecule has 2 aliphatic heterocycles. The average molecular weight is 1100 g/mol. The predicted octanol–water partition coefficient (Wildman–Crippen LogP) is 13.5. The molecular formula is C60H108N2O8Si4. The maximum Gasteiger partial charge on any atom is 0.217 e. The van der Waals surface area contributed by atoms with E-state index in [0.29, 0.717) is 33.2 Å². The first kappa shape index (κ1) is 67.9. The largest absolute Gasteiger partial charge is 0.413 e. The Morgan fingerprint density at radius 1 is 0.432 bits per heavy atom. The molecule has 74 heavy (non-hydrogen) atoms. The van der Waals surface area contributed by atoms with Crippen LogP contribution < -0.4 is 10.6 Å². The summed E-state index contributed by atoms with van der Waals surface area (Å²) in [6, 6.07) is -1.43. The zero-order valence-electron chi connectivity index (χ0n) is 51.5. The third-order valence-electron chi connectivity index (χ3n) is 17.6. The van der Waals surface area contributed by atoms with Crippen LogP contribution in [0.15, 0.2) is 0 Å². The average Bonchev–Trinajstić information content (AvgIpc) is 3.26. The van der Waals surface area contributed by atoms with Gasteiger partial charge in [-0.2, -0.15) is 0 Å². The number of carbonyl (C=O) groups is 2. The molecular weight excluding hydrogens is 989 g/mol. The van der Waals surface area contributed by atoms with Gasteiger partial charge in [-0.25, -0.2) is 0 Å². The van der Waals surface area contributed by atoms with E-state index >= 15 is 0 Å². The van der Waals surface area contributed by atoms with Crippen LogP contribution in [0.5, 0.6) is 0 Å². The molecule has 2 amide bonds. The minimum atomic E-state index is -2.61. The van der Waals surface area contributed by atoms with Gasteiger partial charge < -0.3 is 37.8 Å². The standard InChI is InChI=1S/C60H108N2O8Si4/c1-29-51-55(35-65-71(37(3)4,38(5)6)39(7)8)67-53(57(61-49(27)63)59(51)69-73(43(15)16,44(17)18)45(19)20)33-31-32-34-54-58(62-50(28)64)60(70-74(46(21)22,47(23)24)48(25)26)52(30-2)56(68-54)36-66-72(40(9)10,41(11)12)42(13)14/h1-2,37-48,51-60H,35-36H2,3-28H3,(H,61,63)(H,62,64)/t51-,52-,53-,54-,55-,56-,57+,58+,59+,60+/m1/s1. The van der Waals surface area contributed by atoms with Gasteiger partial charge >= 0.3 is 0 Å². The molecule has 0 spiro atoms. The molecule has 10 atom stereocenters. The number of nitrogens with one attached hydrogen (secondary N) is 2. The van der Waals surface area contributed by atoms with E-state index < -0.39 is 93.8 Å². The fraction of sp³-hybridized carbons (Fsp3) is 0.833. The van der Waals surface area contributed by atoms with E-state index in [4.69, 9.17) is 40.0 Å². The Kier molecular flexibility index (Phi) is 26.3. The number of terminal acetylenes is 2. The first-order valence-electron chi connectivity index (χ1n) is 28.6. The smallest absolute Gasteiger partial charge is 0.217 e. The summed E-state index contributed by atoms with van der Waals surface area (Å²) in [5, 5.41) is 6.43. The van der Waals surface area contributed by atoms with Crippen molar-refractivity contribution < 1.29 is 36.8 Å². The summed E-state index contributed by atoms with van der Waals surface area (Å²) in [6.07, 6.45) is 9.02. The first-order valence-corrected chi connectivity index (χ1v) is 37.1. The Labute approximate surface area is 458 Å². The maximum atomic E-state index is 13.3. The van der Waals surface area contributed by atoms with Crippen molar-refractivity contribution in [3.05, 3.63) is 0 Å². The lowest BCUT2D eigenvalue weighted by molar-refractivity contribution is -0.140. The summed E-state index contributed by atoms with van der Waals surface area (Å²) in [4.78, 5) is 26.6. The van der Waals surface area contributed by atoms with Crippen molar-refractivity contribution >= 4 is 45.1 Å². The van der Waals surface area contributed by atoms with Gasteiger partial charge in [0.25, 0.3) is 0 Å². The molecule has 0 radical (unpaired) electrons. The first-order chi connectivity index (χ1) is 34.2. The van der Waals surface area contributed by atoms with Gasteiger partial charge in [0.15, 0.2) is 16.6 Å². The highest BCUT2D eigenvalue weighted by atomic mass is 28.4. The summed E-state index contributed by atoms with van der Waals surface area (Å²) in [6.45, 7) is 57.7. The second kappa shape index (κ2) is 28.6. The topological polar surface area (TPSA) is 114 Å². The van der Waals surface area contributed by atoms with Crippen LogP contribution in [0.3, 0.4) is 0 Å². The lowest BCUT2D eigenvalue weighted by atomic mass is 9.85. The number of rotatable bonds is 24. The fourth-order valence-electron chi connectivity index (χ4n) is 14.9. The Bertz CT molecular complexity index is 1780. The minimum absolute atomic E-state index is 0.243. The quantitative estimate of drug-likeness (QED) is 0.0726. The van der Waals surface area contributed by atoms with Crippen LogP contribution in [0, 0.1) is 60.2 Å². The molecule has 0 aromatic heterocycles. The number of hydrogen-bond donors (Lipinski definition) is 2. The monoisotopic (exact) mass is 1100 g/mol. The molecule has 2 fully saturated rings. The van der Waals surface area contributed by atoms with Gasteiger partial charge in [0.2, 0.25) is 28.4 Å². The third-order valence-corrected chi connectivity index (χ3v) is 42.0. The fourth-order valence-corrected chi connectivity index (χ4v) is 37.0. The number of ether oxygens (including phenoxy) is 2. The van der Waals surface area contributed by atoms with Crippen molar-refractivity contribution in [3.63, 3.8) is 0 Å². The summed E-state index contributed by atoms with van der Waals surface area (Å²) in [7, 11) is -9.98. The van der Waals surface area contributed by atoms with Gasteiger partial charge in [0.1, 0.15) is 12.2 Å². The van der Waals surface area contributed by atoms with E-state index in [0.717, 1.165) is 0 Å². The van der Waals surface area contributed by atoms with E-state index in [1.165, 1.54) is 13.8 Å². The molecule has 2 rings (SSSR count). The molecule has 0 aromatic rings. The highest BCUT2D eigenvalue weighted by molar-refractivity contribution is 6.79. The van der Waals surface area contributed by atoms with Crippen molar-refractivity contribution in [2.45, 2.75) is 295 Å². The Balaban J connectivity index is 3.06. The Morgan fingerprint density at radius 2 is 0.662 bits per heavy atom. The van der Waals surface area contributed by atoms with Crippen molar-refractivity contribution in [2.24, 2.45) is 11.8 Å². The van der Waals surface area contributed by atoms with Crippen LogP contribution >= 0.6 is 0 Å². The van der Waals surface area contributed by atoms with Crippen molar-refractivity contribution in [2.75, 3.05) is 13.2 Å². The highest BCUT2D eigenvalue weighted by Crippen LogP contribution is 2.49. The molecule has 2 N–H and O–H groups in total. The second-order valence-electron chi connectivity index (χ2n) is 25.6. The van der Waals surface area contributed by atoms with E-state index in [2.05, 4.69) is 212 Å². The summed E-state index contributed by atoms with van der Waals surface area (Å²) >= 11 is 0. The second-order valence-corrected chi connectivity index (χ2v) is 47.4. The lowest BCUT2D eigenvalue weighted by Gasteiger charge is -2.51. The maximum absolute atomic E-state index is 13.3. The SMILES string of the molecule is C#C[C@H]1[C@H](O[Si](C(C)C)(C(C)C)C(C)C)[C@@H](NC(C)=O)[C@@H](C#CC#C[C@H]2O[C@H](CO[Si](C(C)C)(C(C)C)C(C)C)[C@@H](C#C)[C@H](O[Si](C(C)C)(C(C)C)C(C)C)[C@H]2NC(C)=O)O[C@@H]1CO[Si](C(C)C)(C(C)C)C(C)C. The van der Waals surface area contributed by atoms with E-state index in [1.54, 1.807) is 0 Å². The van der Waals surface area contributed by atoms with E-state index in [9.17, 15) is 9.59 Å². The van der Waals surface area contributed by atoms with Crippen LogP contribution in [0.1, 0.15) is 180 Å². The molecule has 2 heterocycles. The molecule has 0 aliphatic carbocycles. The predicted molar refractivity (Wildman–Crippen MR) is 319 cm³/mol. The van der Waals surface area contributed by atoms with Crippen molar-refractivity contribution in [1.82, 2.24) is 10.6 Å². The molecule has 0 aromatic carbocycles. The van der Waals surface area contributed by atoms with Crippen LogP contribution in [0.4, 0.5) is 0 Å². The van der Waals surface area contributed by atoms with Gasteiger partial charge in [-0.15, -0.1) is 12.8 Å². The zero-order valence-corrected chi connectivity index (χ0v) is 55.5. The Hall–Kier alpha value is -2.19. The molecule has 2 saturated heterocycles. The number of carbonyl (C=O) groups excluding carboxylic acids is 2.